The number of nitro groups is 1. The van der Waals surface area contributed by atoms with Crippen molar-refractivity contribution in [3.05, 3.63) is 32.8 Å². The van der Waals surface area contributed by atoms with Gasteiger partial charge in [-0.3, -0.25) is 14.9 Å². The minimum absolute atomic E-state index is 0.133. The standard InChI is InChI=1S/C14H19ClN2O7S/c1-4-24-13(18)7-14(3,19)8-16-25(22,23)12-6-11(17(20)21)10(15)5-9(12)2/h5-6,16,19H,4,7-8H2,1-3H3/t14-/m0/s1. The molecule has 1 rings (SSSR count). The summed E-state index contributed by atoms with van der Waals surface area (Å²) in [6.45, 7) is 3.95. The van der Waals surface area contributed by atoms with E-state index in [1.54, 1.807) is 6.92 Å². The summed E-state index contributed by atoms with van der Waals surface area (Å²) in [5, 5.41) is 20.9. The third kappa shape index (κ3) is 5.92. The highest BCUT2D eigenvalue weighted by Gasteiger charge is 2.29. The van der Waals surface area contributed by atoms with E-state index in [0.29, 0.717) is 0 Å². The maximum absolute atomic E-state index is 12.4. The number of nitrogens with one attached hydrogen (secondary N) is 1. The van der Waals surface area contributed by atoms with E-state index in [1.165, 1.54) is 19.9 Å². The third-order valence-electron chi connectivity index (χ3n) is 3.20. The van der Waals surface area contributed by atoms with Crippen molar-refractivity contribution in [1.82, 2.24) is 4.72 Å². The van der Waals surface area contributed by atoms with Crippen molar-refractivity contribution in [3.63, 3.8) is 0 Å². The number of carbonyl (C=O) groups excluding carboxylic acids is 1. The van der Waals surface area contributed by atoms with E-state index in [9.17, 15) is 28.4 Å². The Morgan fingerprint density at radius 2 is 2.08 bits per heavy atom. The Labute approximate surface area is 150 Å². The van der Waals surface area contributed by atoms with Crippen LogP contribution in [0.5, 0.6) is 0 Å². The van der Waals surface area contributed by atoms with Crippen LogP contribution < -0.4 is 4.72 Å². The van der Waals surface area contributed by atoms with Gasteiger partial charge in [-0.1, -0.05) is 11.6 Å². The average molecular weight is 395 g/mol. The van der Waals surface area contributed by atoms with Crippen molar-refractivity contribution in [2.45, 2.75) is 37.7 Å². The van der Waals surface area contributed by atoms with Gasteiger partial charge < -0.3 is 9.84 Å². The first-order chi connectivity index (χ1) is 11.4. The van der Waals surface area contributed by atoms with Gasteiger partial charge in [-0.05, 0) is 32.4 Å². The number of rotatable bonds is 8. The largest absolute Gasteiger partial charge is 0.466 e. The summed E-state index contributed by atoms with van der Waals surface area (Å²) < 4.78 is 31.6. The molecule has 140 valence electrons. The number of carbonyl (C=O) groups is 1. The number of nitrogens with zero attached hydrogens (tertiary/aromatic N) is 1. The second-order valence-electron chi connectivity index (χ2n) is 5.63. The quantitative estimate of drug-likeness (QED) is 0.387. The second kappa shape index (κ2) is 8.09. The Balaban J connectivity index is 3.01. The molecule has 0 aliphatic rings. The van der Waals surface area contributed by atoms with E-state index < -0.39 is 45.2 Å². The highest BCUT2D eigenvalue weighted by Crippen LogP contribution is 2.30. The number of aliphatic hydroxyl groups is 1. The van der Waals surface area contributed by atoms with E-state index in [0.717, 1.165) is 6.07 Å². The Hall–Kier alpha value is -1.75. The number of halogens is 1. The summed E-state index contributed by atoms with van der Waals surface area (Å²) in [5.41, 5.74) is -2.04. The van der Waals surface area contributed by atoms with Crippen LogP contribution in [0.2, 0.25) is 5.02 Å². The van der Waals surface area contributed by atoms with Crippen LogP contribution in [-0.2, 0) is 19.6 Å². The van der Waals surface area contributed by atoms with Crippen LogP contribution in [0.1, 0.15) is 25.8 Å². The average Bonchev–Trinajstić information content (AvgIpc) is 2.44. The zero-order chi connectivity index (χ0) is 19.4. The minimum atomic E-state index is -4.17. The van der Waals surface area contributed by atoms with E-state index in [1.807, 2.05) is 0 Å². The van der Waals surface area contributed by atoms with Gasteiger partial charge in [0.2, 0.25) is 10.0 Å². The molecule has 0 unspecified atom stereocenters. The lowest BCUT2D eigenvalue weighted by Gasteiger charge is -2.22. The first kappa shape index (κ1) is 21.3. The molecular formula is C14H19ClN2O7S. The predicted octanol–water partition coefficient (Wildman–Crippen LogP) is 1.54. The van der Waals surface area contributed by atoms with Crippen molar-refractivity contribution >= 4 is 33.3 Å². The Bertz CT molecular complexity index is 778. The van der Waals surface area contributed by atoms with Crippen molar-refractivity contribution in [3.8, 4) is 0 Å². The Morgan fingerprint density at radius 3 is 2.60 bits per heavy atom. The number of nitro benzene ring substituents is 1. The van der Waals surface area contributed by atoms with Crippen LogP contribution in [-0.4, -0.2) is 43.2 Å². The van der Waals surface area contributed by atoms with Gasteiger partial charge in [0.05, 0.1) is 28.4 Å². The number of ether oxygens (including phenoxy) is 1. The summed E-state index contributed by atoms with van der Waals surface area (Å²) in [5.74, 6) is -0.676. The van der Waals surface area contributed by atoms with Crippen molar-refractivity contribution < 1.29 is 28.0 Å². The summed E-state index contributed by atoms with van der Waals surface area (Å²) in [6.07, 6.45) is -0.414. The van der Waals surface area contributed by atoms with Gasteiger partial charge in [-0.25, -0.2) is 13.1 Å². The number of hydrogen-bond donors (Lipinski definition) is 2. The highest BCUT2D eigenvalue weighted by atomic mass is 35.5. The predicted molar refractivity (Wildman–Crippen MR) is 89.9 cm³/mol. The van der Waals surface area contributed by atoms with Gasteiger partial charge in [-0.15, -0.1) is 0 Å². The Morgan fingerprint density at radius 1 is 1.48 bits per heavy atom. The molecule has 11 heteroatoms. The zero-order valence-corrected chi connectivity index (χ0v) is 15.5. The van der Waals surface area contributed by atoms with Gasteiger partial charge in [0, 0.05) is 12.6 Å². The molecule has 2 N–H and O–H groups in total. The number of hydrogen-bond acceptors (Lipinski definition) is 7. The monoisotopic (exact) mass is 394 g/mol. The van der Waals surface area contributed by atoms with Crippen LogP contribution in [0.25, 0.3) is 0 Å². The van der Waals surface area contributed by atoms with Crippen LogP contribution in [0.4, 0.5) is 5.69 Å². The first-order valence-corrected chi connectivity index (χ1v) is 9.08. The van der Waals surface area contributed by atoms with E-state index >= 15 is 0 Å². The third-order valence-corrected chi connectivity index (χ3v) is 5.05. The lowest BCUT2D eigenvalue weighted by molar-refractivity contribution is -0.384. The zero-order valence-electron chi connectivity index (χ0n) is 13.9. The minimum Gasteiger partial charge on any atom is -0.466 e. The normalized spacial score (nSPS) is 14.0. The molecule has 0 amide bonds. The van der Waals surface area contributed by atoms with Crippen molar-refractivity contribution in [2.75, 3.05) is 13.2 Å². The lowest BCUT2D eigenvalue weighted by Crippen LogP contribution is -2.42. The number of sulfonamides is 1. The number of benzene rings is 1. The number of aryl methyl sites for hydroxylation is 1. The van der Waals surface area contributed by atoms with Crippen molar-refractivity contribution in [1.29, 1.82) is 0 Å². The topological polar surface area (TPSA) is 136 Å². The molecule has 0 aromatic heterocycles. The van der Waals surface area contributed by atoms with Crippen LogP contribution in [0.15, 0.2) is 17.0 Å². The highest BCUT2D eigenvalue weighted by molar-refractivity contribution is 7.89. The van der Waals surface area contributed by atoms with Gasteiger partial charge in [0.15, 0.2) is 0 Å². The van der Waals surface area contributed by atoms with Gasteiger partial charge in [-0.2, -0.15) is 0 Å². The molecule has 0 saturated carbocycles. The molecule has 0 fully saturated rings. The summed E-state index contributed by atoms with van der Waals surface area (Å²) in [7, 11) is -4.17. The molecule has 0 spiro atoms. The number of esters is 1. The maximum atomic E-state index is 12.4. The van der Waals surface area contributed by atoms with Gasteiger partial charge in [0.1, 0.15) is 5.02 Å². The molecule has 9 nitrogen and oxygen atoms in total. The maximum Gasteiger partial charge on any atom is 0.308 e. The Kier molecular flexibility index (Phi) is 6.89. The van der Waals surface area contributed by atoms with E-state index in [-0.39, 0.29) is 22.1 Å². The van der Waals surface area contributed by atoms with Gasteiger partial charge in [0.25, 0.3) is 5.69 Å². The molecule has 1 atom stereocenters. The van der Waals surface area contributed by atoms with E-state index in [4.69, 9.17) is 16.3 Å². The molecule has 1 aromatic rings. The van der Waals surface area contributed by atoms with Crippen LogP contribution >= 0.6 is 11.6 Å². The summed E-state index contributed by atoms with van der Waals surface area (Å²) in [6, 6.07) is 2.02. The molecule has 0 aliphatic carbocycles. The fourth-order valence-corrected chi connectivity index (χ4v) is 3.68. The molecule has 0 heterocycles. The SMILES string of the molecule is CCOC(=O)C[C@](C)(O)CNS(=O)(=O)c1cc([N+](=O)[O-])c(Cl)cc1C. The smallest absolute Gasteiger partial charge is 0.308 e. The van der Waals surface area contributed by atoms with Gasteiger partial charge >= 0.3 is 5.97 Å². The second-order valence-corrected chi connectivity index (χ2v) is 7.77. The summed E-state index contributed by atoms with van der Waals surface area (Å²) >= 11 is 5.73. The molecule has 1 aromatic carbocycles. The fourth-order valence-electron chi connectivity index (χ4n) is 1.99. The lowest BCUT2D eigenvalue weighted by atomic mass is 10.0. The molecular weight excluding hydrogens is 376 g/mol. The molecule has 0 bridgehead atoms. The molecule has 25 heavy (non-hydrogen) atoms. The van der Waals surface area contributed by atoms with Crippen LogP contribution in [0, 0.1) is 17.0 Å². The molecule has 0 aliphatic heterocycles. The molecule has 0 radical (unpaired) electrons. The summed E-state index contributed by atoms with van der Waals surface area (Å²) in [4.78, 5) is 21.2. The van der Waals surface area contributed by atoms with Crippen LogP contribution in [0.3, 0.4) is 0 Å². The first-order valence-electron chi connectivity index (χ1n) is 7.22. The van der Waals surface area contributed by atoms with Crippen molar-refractivity contribution in [2.24, 2.45) is 0 Å². The fraction of sp³-hybridized carbons (Fsp3) is 0.500. The molecule has 0 saturated heterocycles. The van der Waals surface area contributed by atoms with E-state index in [2.05, 4.69) is 4.72 Å².